The summed E-state index contributed by atoms with van der Waals surface area (Å²) in [7, 11) is -7.89. The number of nitrogens with zero attached hydrogens (tertiary/aromatic N) is 7. The molecule has 0 saturated heterocycles. The summed E-state index contributed by atoms with van der Waals surface area (Å²) in [6.07, 6.45) is 1.07. The standard InChI is InChI=1S/C36H27N7O10S2/c1-53-33-17-22(32(45)19-31(33)43-41-24-4-2-23(3-5-24)38-39-26-8-13-29(14-9-26)54(47,48)49)20-37-35-34(55(50,51)52)18-21-16-27(10-15-30(21)36(35)46)42-40-25-6-11-28(44)12-7-25/h2-20,44-46H,1H3,(H,47,48,49)(H,50,51,52)/b37-20?,39-38?,42-40-,43-41+. The van der Waals surface area contributed by atoms with E-state index in [0.717, 1.165) is 12.3 Å². The van der Waals surface area contributed by atoms with Crippen molar-refractivity contribution >= 4 is 77.0 Å². The lowest BCUT2D eigenvalue weighted by Gasteiger charge is -2.10. The molecule has 17 nitrogen and oxygen atoms in total. The lowest BCUT2D eigenvalue weighted by Crippen LogP contribution is -1.99. The van der Waals surface area contributed by atoms with E-state index in [1.54, 1.807) is 36.4 Å². The number of phenols is 3. The number of methoxy groups -OCH3 is 1. The number of fused-ring (bicyclic) bond motifs is 1. The minimum Gasteiger partial charge on any atom is -0.508 e. The molecule has 0 bridgehead atoms. The summed E-state index contributed by atoms with van der Waals surface area (Å²) in [5, 5.41) is 56.3. The van der Waals surface area contributed by atoms with Crippen molar-refractivity contribution in [1.29, 1.82) is 0 Å². The number of phenolic OH excluding ortho intramolecular Hbond substituents is 3. The van der Waals surface area contributed by atoms with Gasteiger partial charge in [-0.15, -0.1) is 5.11 Å². The van der Waals surface area contributed by atoms with Gasteiger partial charge in [0.2, 0.25) is 0 Å². The Kier molecular flexibility index (Phi) is 10.7. The molecule has 0 radical (unpaired) electrons. The highest BCUT2D eigenvalue weighted by Crippen LogP contribution is 2.42. The van der Waals surface area contributed by atoms with Crippen molar-refractivity contribution in [3.63, 3.8) is 0 Å². The van der Waals surface area contributed by atoms with Gasteiger partial charge in [0, 0.05) is 23.2 Å². The summed E-state index contributed by atoms with van der Waals surface area (Å²) in [5.74, 6) is -0.707. The second-order valence-corrected chi connectivity index (χ2v) is 14.2. The largest absolute Gasteiger partial charge is 0.508 e. The average Bonchev–Trinajstić information content (AvgIpc) is 3.15. The molecule has 0 fully saturated rings. The fraction of sp³-hybridized carbons (Fsp3) is 0.0278. The Hall–Kier alpha value is -6.93. The first kappa shape index (κ1) is 37.8. The monoisotopic (exact) mass is 781 g/mol. The average molecular weight is 782 g/mol. The van der Waals surface area contributed by atoms with Gasteiger partial charge in [-0.1, -0.05) is 0 Å². The molecule has 0 aromatic heterocycles. The molecular formula is C36H27N7O10S2. The van der Waals surface area contributed by atoms with E-state index in [1.165, 1.54) is 73.8 Å². The highest BCUT2D eigenvalue weighted by Gasteiger charge is 2.22. The molecule has 6 aromatic carbocycles. The van der Waals surface area contributed by atoms with Crippen molar-refractivity contribution in [2.45, 2.75) is 9.79 Å². The van der Waals surface area contributed by atoms with Crippen LogP contribution in [-0.4, -0.2) is 54.6 Å². The van der Waals surface area contributed by atoms with Crippen molar-refractivity contribution in [1.82, 2.24) is 0 Å². The van der Waals surface area contributed by atoms with Crippen LogP contribution in [0.25, 0.3) is 10.8 Å². The molecule has 0 spiro atoms. The first-order chi connectivity index (χ1) is 26.2. The molecule has 6 rings (SSSR count). The van der Waals surface area contributed by atoms with Crippen LogP contribution in [0.5, 0.6) is 23.0 Å². The van der Waals surface area contributed by atoms with Crippen molar-refractivity contribution in [2.24, 2.45) is 35.7 Å². The Morgan fingerprint density at radius 2 is 1.09 bits per heavy atom. The summed E-state index contributed by atoms with van der Waals surface area (Å²) >= 11 is 0. The number of hydrogen-bond acceptors (Lipinski definition) is 15. The lowest BCUT2D eigenvalue weighted by molar-refractivity contribution is 0.413. The molecule has 0 atom stereocenters. The zero-order valence-electron chi connectivity index (χ0n) is 28.2. The Morgan fingerprint density at radius 3 is 1.64 bits per heavy atom. The van der Waals surface area contributed by atoms with E-state index in [4.69, 9.17) is 9.29 Å². The fourth-order valence-corrected chi connectivity index (χ4v) is 6.06. The van der Waals surface area contributed by atoms with E-state index in [0.29, 0.717) is 28.4 Å². The second kappa shape index (κ2) is 15.6. The summed E-state index contributed by atoms with van der Waals surface area (Å²) < 4.78 is 71.8. The molecule has 19 heteroatoms. The van der Waals surface area contributed by atoms with Gasteiger partial charge in [-0.3, -0.25) is 14.1 Å². The van der Waals surface area contributed by atoms with Crippen LogP contribution < -0.4 is 4.74 Å². The summed E-state index contributed by atoms with van der Waals surface area (Å²) in [6, 6.07) is 25.7. The van der Waals surface area contributed by atoms with Gasteiger partial charge in [-0.2, -0.15) is 42.4 Å². The molecule has 0 aliphatic carbocycles. The van der Waals surface area contributed by atoms with Crippen LogP contribution in [-0.2, 0) is 20.2 Å². The zero-order chi connectivity index (χ0) is 39.3. The summed E-state index contributed by atoms with van der Waals surface area (Å²) in [6.45, 7) is 0. The Balaban J connectivity index is 1.22. The number of ether oxygens (including phenoxy) is 1. The number of rotatable bonds is 11. The Bertz CT molecular complexity index is 2760. The van der Waals surface area contributed by atoms with Crippen molar-refractivity contribution < 1.29 is 46.0 Å². The summed E-state index contributed by atoms with van der Waals surface area (Å²) in [5.41, 5.74) is 1.63. The van der Waals surface area contributed by atoms with Crippen LogP contribution in [0.4, 0.5) is 39.8 Å². The number of aromatic hydroxyl groups is 3. The van der Waals surface area contributed by atoms with Gasteiger partial charge in [-0.25, -0.2) is 0 Å². The molecule has 6 aromatic rings. The number of hydrogen-bond donors (Lipinski definition) is 5. The predicted octanol–water partition coefficient (Wildman–Crippen LogP) is 9.46. The Labute approximate surface area is 312 Å². The number of azo groups is 3. The van der Waals surface area contributed by atoms with E-state index < -0.39 is 36.6 Å². The maximum atomic E-state index is 12.4. The van der Waals surface area contributed by atoms with Crippen LogP contribution in [0.1, 0.15) is 5.56 Å². The first-order valence-corrected chi connectivity index (χ1v) is 18.5. The molecule has 0 unspecified atom stereocenters. The van der Waals surface area contributed by atoms with Crippen molar-refractivity contribution in [3.05, 3.63) is 115 Å². The summed E-state index contributed by atoms with van der Waals surface area (Å²) in [4.78, 5) is 3.14. The van der Waals surface area contributed by atoms with Crippen LogP contribution >= 0.6 is 0 Å². The topological polar surface area (TPSA) is 265 Å². The van der Waals surface area contributed by atoms with Crippen LogP contribution in [0.15, 0.2) is 155 Å². The third-order valence-corrected chi connectivity index (χ3v) is 9.38. The molecule has 0 aliphatic heterocycles. The van der Waals surface area contributed by atoms with Crippen LogP contribution in [0, 0.1) is 0 Å². The molecule has 0 saturated carbocycles. The maximum Gasteiger partial charge on any atom is 0.296 e. The molecular weight excluding hydrogens is 755 g/mol. The molecule has 5 N–H and O–H groups in total. The van der Waals surface area contributed by atoms with E-state index >= 15 is 0 Å². The Morgan fingerprint density at radius 1 is 0.582 bits per heavy atom. The fourth-order valence-electron chi connectivity index (χ4n) is 4.91. The van der Waals surface area contributed by atoms with Gasteiger partial charge in [0.05, 0.1) is 40.4 Å². The second-order valence-electron chi connectivity index (χ2n) is 11.4. The van der Waals surface area contributed by atoms with Gasteiger partial charge in [0.1, 0.15) is 39.3 Å². The van der Waals surface area contributed by atoms with E-state index in [2.05, 4.69) is 35.7 Å². The first-order valence-electron chi connectivity index (χ1n) is 15.6. The smallest absolute Gasteiger partial charge is 0.296 e. The van der Waals surface area contributed by atoms with Crippen molar-refractivity contribution in [2.75, 3.05) is 7.11 Å². The number of benzene rings is 6. The minimum absolute atomic E-state index is 0.0453. The maximum absolute atomic E-state index is 12.4. The zero-order valence-corrected chi connectivity index (χ0v) is 29.8. The molecule has 278 valence electrons. The van der Waals surface area contributed by atoms with E-state index in [9.17, 15) is 36.7 Å². The van der Waals surface area contributed by atoms with Gasteiger partial charge in [0.25, 0.3) is 20.2 Å². The molecule has 0 heterocycles. The molecule has 0 aliphatic rings. The van der Waals surface area contributed by atoms with E-state index in [-0.39, 0.29) is 44.2 Å². The van der Waals surface area contributed by atoms with Gasteiger partial charge in [0.15, 0.2) is 0 Å². The molecule has 55 heavy (non-hydrogen) atoms. The van der Waals surface area contributed by atoms with Crippen LogP contribution in [0.3, 0.4) is 0 Å². The third kappa shape index (κ3) is 9.18. The molecule has 0 amide bonds. The van der Waals surface area contributed by atoms with Gasteiger partial charge >= 0.3 is 0 Å². The normalized spacial score (nSPS) is 12.5. The van der Waals surface area contributed by atoms with E-state index in [1.807, 2.05) is 0 Å². The SMILES string of the molecule is COc1cc(C=Nc2c(S(=O)(=O)O)cc3cc(/N=N\c4ccc(O)cc4)ccc3c2O)c(O)cc1/N=N/c1ccc(N=Nc2ccc(S(=O)(=O)O)cc2)cc1. The minimum atomic E-state index is -4.92. The highest BCUT2D eigenvalue weighted by atomic mass is 32.2. The van der Waals surface area contributed by atoms with Crippen LogP contribution in [0.2, 0.25) is 0 Å². The van der Waals surface area contributed by atoms with Gasteiger partial charge in [-0.05, 0) is 109 Å². The predicted molar refractivity (Wildman–Crippen MR) is 201 cm³/mol. The lowest BCUT2D eigenvalue weighted by atomic mass is 10.1. The quantitative estimate of drug-likeness (QED) is 0.0472. The third-order valence-electron chi connectivity index (χ3n) is 7.64. The highest BCUT2D eigenvalue weighted by molar-refractivity contribution is 7.86. The van der Waals surface area contributed by atoms with Gasteiger partial charge < -0.3 is 20.1 Å². The number of aliphatic imine (C=N–C) groups is 1. The van der Waals surface area contributed by atoms with Crippen molar-refractivity contribution in [3.8, 4) is 23.0 Å².